The van der Waals surface area contributed by atoms with Gasteiger partial charge in [-0.05, 0) is 19.4 Å². The van der Waals surface area contributed by atoms with Crippen molar-refractivity contribution in [2.24, 2.45) is 5.92 Å². The van der Waals surface area contributed by atoms with Gasteiger partial charge in [0.15, 0.2) is 6.29 Å². The van der Waals surface area contributed by atoms with Crippen LogP contribution in [-0.2, 0) is 9.47 Å². The Hall–Kier alpha value is -0.120. The van der Waals surface area contributed by atoms with E-state index in [1.165, 1.54) is 19.5 Å². The number of ether oxygens (including phenoxy) is 2. The number of rotatable bonds is 2. The van der Waals surface area contributed by atoms with Crippen molar-refractivity contribution in [3.05, 3.63) is 0 Å². The molecule has 0 aromatic carbocycles. The fourth-order valence-corrected chi connectivity index (χ4v) is 3.15. The van der Waals surface area contributed by atoms with Crippen molar-refractivity contribution in [3.63, 3.8) is 0 Å². The Labute approximate surface area is 85.4 Å². The van der Waals surface area contributed by atoms with Crippen molar-refractivity contribution >= 4 is 0 Å². The smallest absolute Gasteiger partial charge is 0.158 e. The summed E-state index contributed by atoms with van der Waals surface area (Å²) in [7, 11) is 0. The summed E-state index contributed by atoms with van der Waals surface area (Å²) in [5.74, 6) is 0.740. The Morgan fingerprint density at radius 2 is 2.43 bits per heavy atom. The molecule has 0 aromatic heterocycles. The monoisotopic (exact) mass is 197 g/mol. The molecule has 0 saturated carbocycles. The lowest BCUT2D eigenvalue weighted by atomic mass is 9.88. The normalized spacial score (nSPS) is 50.8. The summed E-state index contributed by atoms with van der Waals surface area (Å²) < 4.78 is 11.9. The van der Waals surface area contributed by atoms with Crippen LogP contribution in [-0.4, -0.2) is 43.0 Å². The molecule has 3 rings (SSSR count). The molecule has 0 aliphatic carbocycles. The van der Waals surface area contributed by atoms with Crippen molar-refractivity contribution in [3.8, 4) is 0 Å². The van der Waals surface area contributed by atoms with Gasteiger partial charge in [-0.3, -0.25) is 4.90 Å². The highest BCUT2D eigenvalue weighted by Crippen LogP contribution is 2.43. The standard InChI is InChI=1S/C11H19NO2/c1-2-3-10-13-8-11(14-10)7-12-5-4-9(11)6-12/h9-10H,2-8H2,1H3. The molecule has 3 aliphatic rings. The number of piperidine rings is 1. The van der Waals surface area contributed by atoms with Crippen molar-refractivity contribution in [1.29, 1.82) is 0 Å². The second-order valence-electron chi connectivity index (χ2n) is 4.93. The predicted molar refractivity (Wildman–Crippen MR) is 53.0 cm³/mol. The van der Waals surface area contributed by atoms with Crippen molar-refractivity contribution in [2.45, 2.75) is 38.1 Å². The van der Waals surface area contributed by atoms with Gasteiger partial charge in [-0.25, -0.2) is 0 Å². The summed E-state index contributed by atoms with van der Waals surface area (Å²) in [4.78, 5) is 2.52. The molecule has 80 valence electrons. The third-order valence-corrected chi connectivity index (χ3v) is 3.91. The highest BCUT2D eigenvalue weighted by atomic mass is 16.7. The van der Waals surface area contributed by atoms with Crippen LogP contribution in [0.5, 0.6) is 0 Å². The van der Waals surface area contributed by atoms with E-state index in [-0.39, 0.29) is 11.9 Å². The van der Waals surface area contributed by atoms with Gasteiger partial charge in [0.05, 0.1) is 6.61 Å². The molecule has 0 radical (unpaired) electrons. The number of nitrogens with zero attached hydrogens (tertiary/aromatic N) is 1. The van der Waals surface area contributed by atoms with Gasteiger partial charge in [0.2, 0.25) is 0 Å². The summed E-state index contributed by atoms with van der Waals surface area (Å²) in [6, 6.07) is 0. The van der Waals surface area contributed by atoms with E-state index in [1.54, 1.807) is 0 Å². The van der Waals surface area contributed by atoms with E-state index in [0.29, 0.717) is 0 Å². The highest BCUT2D eigenvalue weighted by molar-refractivity contribution is 5.05. The van der Waals surface area contributed by atoms with Gasteiger partial charge in [-0.15, -0.1) is 0 Å². The highest BCUT2D eigenvalue weighted by Gasteiger charge is 2.55. The van der Waals surface area contributed by atoms with E-state index in [0.717, 1.165) is 31.9 Å². The van der Waals surface area contributed by atoms with Gasteiger partial charge in [0.25, 0.3) is 0 Å². The van der Waals surface area contributed by atoms with Crippen LogP contribution in [0.2, 0.25) is 0 Å². The number of hydrogen-bond acceptors (Lipinski definition) is 3. The molecule has 3 nitrogen and oxygen atoms in total. The minimum Gasteiger partial charge on any atom is -0.350 e. The lowest BCUT2D eigenvalue weighted by Gasteiger charge is -2.31. The van der Waals surface area contributed by atoms with E-state index in [4.69, 9.17) is 9.47 Å². The quantitative estimate of drug-likeness (QED) is 0.664. The van der Waals surface area contributed by atoms with Crippen LogP contribution in [0.3, 0.4) is 0 Å². The van der Waals surface area contributed by atoms with Gasteiger partial charge >= 0.3 is 0 Å². The van der Waals surface area contributed by atoms with E-state index in [1.807, 2.05) is 0 Å². The second-order valence-corrected chi connectivity index (χ2v) is 4.93. The van der Waals surface area contributed by atoms with E-state index in [2.05, 4.69) is 11.8 Å². The van der Waals surface area contributed by atoms with Crippen molar-refractivity contribution in [2.75, 3.05) is 26.2 Å². The second kappa shape index (κ2) is 3.19. The van der Waals surface area contributed by atoms with Gasteiger partial charge in [0, 0.05) is 19.0 Å². The summed E-state index contributed by atoms with van der Waals surface area (Å²) >= 11 is 0. The van der Waals surface area contributed by atoms with Crippen LogP contribution in [0.4, 0.5) is 0 Å². The maximum absolute atomic E-state index is 6.12. The zero-order chi connectivity index (χ0) is 9.60. The predicted octanol–water partition coefficient (Wildman–Crippen LogP) is 1.23. The summed E-state index contributed by atoms with van der Waals surface area (Å²) in [6.45, 7) is 6.63. The topological polar surface area (TPSA) is 21.7 Å². The first kappa shape index (κ1) is 9.13. The maximum Gasteiger partial charge on any atom is 0.158 e. The van der Waals surface area contributed by atoms with Gasteiger partial charge < -0.3 is 9.47 Å². The molecular weight excluding hydrogens is 178 g/mol. The summed E-state index contributed by atoms with van der Waals surface area (Å²) in [5, 5.41) is 0. The molecule has 4 atom stereocenters. The molecule has 3 aliphatic heterocycles. The van der Waals surface area contributed by atoms with Crippen LogP contribution >= 0.6 is 0 Å². The molecular formula is C11H19NO2. The van der Waals surface area contributed by atoms with E-state index >= 15 is 0 Å². The average Bonchev–Trinajstić information content (AvgIpc) is 2.82. The van der Waals surface area contributed by atoms with Gasteiger partial charge in [0.1, 0.15) is 5.60 Å². The minimum atomic E-state index is 0.0814. The summed E-state index contributed by atoms with van der Waals surface area (Å²) in [5.41, 5.74) is 0.0814. The molecule has 0 aromatic rings. The molecule has 3 heteroatoms. The van der Waals surface area contributed by atoms with Crippen molar-refractivity contribution < 1.29 is 9.47 Å². The first-order valence-electron chi connectivity index (χ1n) is 5.84. The molecule has 14 heavy (non-hydrogen) atoms. The van der Waals surface area contributed by atoms with Crippen LogP contribution in [0, 0.1) is 5.92 Å². The van der Waals surface area contributed by atoms with Crippen LogP contribution in [0.25, 0.3) is 0 Å². The average molecular weight is 197 g/mol. The third-order valence-electron chi connectivity index (χ3n) is 3.91. The molecule has 3 fully saturated rings. The minimum absolute atomic E-state index is 0.0814. The fourth-order valence-electron chi connectivity index (χ4n) is 3.15. The van der Waals surface area contributed by atoms with E-state index in [9.17, 15) is 0 Å². The van der Waals surface area contributed by atoms with Crippen molar-refractivity contribution in [1.82, 2.24) is 4.90 Å². The fraction of sp³-hybridized carbons (Fsp3) is 1.00. The molecule has 3 saturated heterocycles. The molecule has 0 amide bonds. The Bertz CT molecular complexity index is 233. The third kappa shape index (κ3) is 1.23. The molecule has 0 N–H and O–H groups in total. The van der Waals surface area contributed by atoms with Gasteiger partial charge in [-0.1, -0.05) is 13.3 Å². The Morgan fingerprint density at radius 3 is 3.07 bits per heavy atom. The van der Waals surface area contributed by atoms with Crippen LogP contribution in [0.15, 0.2) is 0 Å². The zero-order valence-electron chi connectivity index (χ0n) is 8.87. The Morgan fingerprint density at radius 1 is 1.50 bits per heavy atom. The number of fused-ring (bicyclic) bond motifs is 3. The molecule has 4 unspecified atom stereocenters. The largest absolute Gasteiger partial charge is 0.350 e. The molecule has 3 heterocycles. The van der Waals surface area contributed by atoms with Crippen LogP contribution < -0.4 is 0 Å². The van der Waals surface area contributed by atoms with Gasteiger partial charge in [-0.2, -0.15) is 0 Å². The maximum atomic E-state index is 6.12. The first-order chi connectivity index (χ1) is 6.82. The molecule has 2 bridgehead atoms. The Kier molecular flexibility index (Phi) is 2.08. The first-order valence-corrected chi connectivity index (χ1v) is 5.84. The lowest BCUT2D eigenvalue weighted by Crippen LogP contribution is -2.44. The Balaban J connectivity index is 1.69. The summed E-state index contributed by atoms with van der Waals surface area (Å²) in [6.07, 6.45) is 3.59. The number of hydrogen-bond donors (Lipinski definition) is 0. The SMILES string of the molecule is CCCC1OCC2(CN3CCC2C3)O1. The molecule has 1 spiro atoms. The lowest BCUT2D eigenvalue weighted by molar-refractivity contribution is -0.106. The zero-order valence-corrected chi connectivity index (χ0v) is 8.87. The van der Waals surface area contributed by atoms with E-state index < -0.39 is 0 Å². The van der Waals surface area contributed by atoms with Crippen LogP contribution in [0.1, 0.15) is 26.2 Å².